The molecule has 6 heteroatoms. The highest BCUT2D eigenvalue weighted by Crippen LogP contribution is 2.28. The highest BCUT2D eigenvalue weighted by molar-refractivity contribution is 7.98. The van der Waals surface area contributed by atoms with Gasteiger partial charge in [-0.15, -0.1) is 0 Å². The molecule has 1 N–H and O–H groups in total. The third-order valence-electron chi connectivity index (χ3n) is 6.30. The van der Waals surface area contributed by atoms with Crippen LogP contribution < -0.4 is 0 Å². The van der Waals surface area contributed by atoms with Gasteiger partial charge in [-0.05, 0) is 61.9 Å². The van der Waals surface area contributed by atoms with Crippen molar-refractivity contribution in [3.8, 4) is 5.75 Å². The van der Waals surface area contributed by atoms with Gasteiger partial charge < -0.3 is 10.0 Å². The number of allylic oxidation sites excluding steroid dienone is 3. The van der Waals surface area contributed by atoms with Gasteiger partial charge in [-0.25, -0.2) is 0 Å². The zero-order chi connectivity index (χ0) is 20.9. The fraction of sp³-hybridized carbons (Fsp3) is 0.542. The zero-order valence-electron chi connectivity index (χ0n) is 18.2. The summed E-state index contributed by atoms with van der Waals surface area (Å²) in [5.74, 6) is 1.48. The van der Waals surface area contributed by atoms with Crippen molar-refractivity contribution in [2.24, 2.45) is 4.99 Å². The number of aliphatic imine (C=N–C) groups is 1. The van der Waals surface area contributed by atoms with E-state index in [-0.39, 0.29) is 0 Å². The van der Waals surface area contributed by atoms with E-state index in [1.54, 1.807) is 6.07 Å². The Morgan fingerprint density at radius 3 is 2.67 bits per heavy atom. The normalized spacial score (nSPS) is 22.5. The molecule has 1 aliphatic carbocycles. The van der Waals surface area contributed by atoms with Crippen LogP contribution in [0.3, 0.4) is 0 Å². The van der Waals surface area contributed by atoms with Crippen LogP contribution in [0.1, 0.15) is 38.7 Å². The van der Waals surface area contributed by atoms with E-state index in [4.69, 9.17) is 4.99 Å². The summed E-state index contributed by atoms with van der Waals surface area (Å²) in [6.07, 6.45) is 10.7. The Morgan fingerprint density at radius 2 is 2.00 bits per heavy atom. The molecule has 1 saturated heterocycles. The molecule has 162 valence electrons. The summed E-state index contributed by atoms with van der Waals surface area (Å²) >= 11 is 1.87. The number of guanidine groups is 1. The maximum Gasteiger partial charge on any atom is 0.207 e. The molecule has 0 amide bonds. The number of hydrogen-bond acceptors (Lipinski definition) is 6. The fourth-order valence-electron chi connectivity index (χ4n) is 4.34. The van der Waals surface area contributed by atoms with E-state index in [0.717, 1.165) is 43.4 Å². The lowest BCUT2D eigenvalue weighted by atomic mass is 9.91. The van der Waals surface area contributed by atoms with Gasteiger partial charge >= 0.3 is 0 Å². The molecule has 1 saturated carbocycles. The van der Waals surface area contributed by atoms with E-state index in [1.807, 2.05) is 37.1 Å². The average molecular weight is 427 g/mol. The first-order valence-corrected chi connectivity index (χ1v) is 12.1. The molecule has 1 atom stereocenters. The van der Waals surface area contributed by atoms with Crippen LogP contribution in [-0.2, 0) is 0 Å². The predicted octanol–water partition coefficient (Wildman–Crippen LogP) is 4.23. The highest BCUT2D eigenvalue weighted by Gasteiger charge is 2.31. The summed E-state index contributed by atoms with van der Waals surface area (Å²) in [6, 6.07) is 8.29. The summed E-state index contributed by atoms with van der Waals surface area (Å²) in [6.45, 7) is 10.7. The minimum Gasteiger partial charge on any atom is -0.508 e. The molecule has 0 aromatic heterocycles. The van der Waals surface area contributed by atoms with Crippen molar-refractivity contribution < 1.29 is 5.11 Å². The zero-order valence-corrected chi connectivity index (χ0v) is 19.0. The number of rotatable bonds is 6. The first-order valence-electron chi connectivity index (χ1n) is 11.3. The Balaban J connectivity index is 1.31. The van der Waals surface area contributed by atoms with Crippen molar-refractivity contribution in [1.29, 1.82) is 0 Å². The molecule has 1 aromatic rings. The molecule has 0 radical (unpaired) electrons. The number of phenols is 1. The predicted molar refractivity (Wildman–Crippen MR) is 128 cm³/mol. The van der Waals surface area contributed by atoms with Crippen molar-refractivity contribution in [2.45, 2.75) is 44.4 Å². The molecule has 0 bridgehead atoms. The van der Waals surface area contributed by atoms with Gasteiger partial charge in [0.1, 0.15) is 5.75 Å². The van der Waals surface area contributed by atoms with Crippen LogP contribution in [0.2, 0.25) is 0 Å². The van der Waals surface area contributed by atoms with E-state index in [2.05, 4.69) is 39.3 Å². The molecule has 3 aliphatic rings. The van der Waals surface area contributed by atoms with Crippen LogP contribution in [-0.4, -0.2) is 75.7 Å². The second-order valence-electron chi connectivity index (χ2n) is 8.36. The monoisotopic (exact) mass is 426 g/mol. The quantitative estimate of drug-likeness (QED) is 0.545. The summed E-state index contributed by atoms with van der Waals surface area (Å²) in [5.41, 5.74) is 2.17. The van der Waals surface area contributed by atoms with E-state index in [1.165, 1.54) is 38.3 Å². The van der Waals surface area contributed by atoms with Crippen LogP contribution in [0.25, 0.3) is 5.57 Å². The largest absolute Gasteiger partial charge is 0.508 e. The lowest BCUT2D eigenvalue weighted by Gasteiger charge is -2.44. The van der Waals surface area contributed by atoms with Crippen LogP contribution in [0, 0.1) is 0 Å². The average Bonchev–Trinajstić information content (AvgIpc) is 3.16. The molecule has 4 rings (SSSR count). The van der Waals surface area contributed by atoms with Gasteiger partial charge in [0.05, 0.1) is 13.1 Å². The van der Waals surface area contributed by atoms with Gasteiger partial charge in [-0.3, -0.25) is 14.2 Å². The van der Waals surface area contributed by atoms with Crippen LogP contribution in [0.5, 0.6) is 5.75 Å². The first-order chi connectivity index (χ1) is 14.6. The van der Waals surface area contributed by atoms with E-state index >= 15 is 0 Å². The van der Waals surface area contributed by atoms with Gasteiger partial charge in [-0.2, -0.15) is 0 Å². The third-order valence-corrected chi connectivity index (χ3v) is 7.39. The molecule has 30 heavy (non-hydrogen) atoms. The summed E-state index contributed by atoms with van der Waals surface area (Å²) < 4.78 is 2.39. The minimum atomic E-state index is 0.304. The third kappa shape index (κ3) is 5.03. The number of benzene rings is 1. The van der Waals surface area contributed by atoms with Gasteiger partial charge in [0.15, 0.2) is 0 Å². The first kappa shape index (κ1) is 21.3. The molecule has 0 spiro atoms. The van der Waals surface area contributed by atoms with E-state index < -0.39 is 0 Å². The second kappa shape index (κ2) is 9.92. The Labute approximate surface area is 185 Å². The minimum absolute atomic E-state index is 0.304. The number of nitrogens with zero attached hydrogens (tertiary/aromatic N) is 4. The molecule has 1 aromatic carbocycles. The maximum atomic E-state index is 9.76. The van der Waals surface area contributed by atoms with Crippen molar-refractivity contribution in [2.75, 3.05) is 39.3 Å². The fourth-order valence-corrected chi connectivity index (χ4v) is 5.34. The van der Waals surface area contributed by atoms with Gasteiger partial charge in [0.2, 0.25) is 5.96 Å². The summed E-state index contributed by atoms with van der Waals surface area (Å²) in [5, 5.41) is 10.1. The molecular formula is C24H34N4OS. The Hall–Kier alpha value is -1.92. The molecular weight excluding hydrogens is 392 g/mol. The molecule has 2 fully saturated rings. The van der Waals surface area contributed by atoms with Crippen molar-refractivity contribution >= 4 is 23.5 Å². The Bertz CT molecular complexity index is 809. The molecule has 5 nitrogen and oxygen atoms in total. The van der Waals surface area contributed by atoms with Crippen molar-refractivity contribution in [3.05, 3.63) is 48.1 Å². The molecule has 2 heterocycles. The summed E-state index contributed by atoms with van der Waals surface area (Å²) in [7, 11) is 0. The van der Waals surface area contributed by atoms with Gasteiger partial charge in [0, 0.05) is 37.5 Å². The second-order valence-corrected chi connectivity index (χ2v) is 9.75. The number of hydrogen-bond donors (Lipinski definition) is 1. The Kier molecular flexibility index (Phi) is 7.05. The summed E-state index contributed by atoms with van der Waals surface area (Å²) in [4.78, 5) is 9.99. The lowest BCUT2D eigenvalue weighted by molar-refractivity contribution is 0.0835. The molecule has 1 unspecified atom stereocenters. The topological polar surface area (TPSA) is 42.3 Å². The number of phenolic OH excluding ortho intramolecular Hbond substituents is 1. The van der Waals surface area contributed by atoms with Crippen LogP contribution in [0.15, 0.2) is 47.5 Å². The maximum absolute atomic E-state index is 9.76. The Morgan fingerprint density at radius 1 is 1.20 bits per heavy atom. The van der Waals surface area contributed by atoms with E-state index in [0.29, 0.717) is 11.0 Å². The van der Waals surface area contributed by atoms with Gasteiger partial charge in [-0.1, -0.05) is 36.8 Å². The smallest absolute Gasteiger partial charge is 0.207 e. The standard InChI is InChI=1S/C24H34N4OS/c1-3-20(21-6-4-9-23(29)18-21)11-10-19(2)30-28-13-12-25-24(28)27-16-14-26(15-17-27)22-7-5-8-22/h3-4,6,9-11,18-19,22,29H,5,7-8,12-17H2,1-2H3/b11-10-,20-3+. The highest BCUT2D eigenvalue weighted by atomic mass is 32.2. The van der Waals surface area contributed by atoms with Crippen LogP contribution >= 0.6 is 11.9 Å². The number of aromatic hydroxyl groups is 1. The number of piperazine rings is 1. The van der Waals surface area contributed by atoms with Crippen LogP contribution in [0.4, 0.5) is 0 Å². The SMILES string of the molecule is C/C=C(\C=C/C(C)SN1CCN=C1N1CCN(C2CCC2)CC1)c1cccc(O)c1. The van der Waals surface area contributed by atoms with Crippen molar-refractivity contribution in [1.82, 2.24) is 14.1 Å². The van der Waals surface area contributed by atoms with Gasteiger partial charge in [0.25, 0.3) is 0 Å². The van der Waals surface area contributed by atoms with Crippen molar-refractivity contribution in [3.63, 3.8) is 0 Å². The molecule has 2 aliphatic heterocycles. The lowest BCUT2D eigenvalue weighted by Crippen LogP contribution is -2.55. The van der Waals surface area contributed by atoms with E-state index in [9.17, 15) is 5.11 Å².